The van der Waals surface area contributed by atoms with Crippen LogP contribution in [-0.2, 0) is 6.42 Å². The Morgan fingerprint density at radius 1 is 0.655 bits per heavy atom. The zero-order valence-electron chi connectivity index (χ0n) is 31.7. The van der Waals surface area contributed by atoms with Crippen molar-refractivity contribution in [3.05, 3.63) is 29.3 Å². The highest BCUT2D eigenvalue weighted by Gasteiger charge is 2.95. The average Bonchev–Trinajstić information content (AvgIpc) is 3.41. The van der Waals surface area contributed by atoms with Crippen LogP contribution in [0.1, 0.15) is 107 Å². The Morgan fingerprint density at radius 2 is 1.17 bits per heavy atom. The van der Waals surface area contributed by atoms with Crippen LogP contribution in [-0.4, -0.2) is 89.0 Å². The summed E-state index contributed by atoms with van der Waals surface area (Å²) < 4.78 is 229. The topological polar surface area (TPSA) is 43.7 Å². The van der Waals surface area contributed by atoms with Crippen molar-refractivity contribution in [2.45, 2.75) is 156 Å². The number of aromatic hydroxyl groups is 1. The molecule has 6 atom stereocenters. The Kier molecular flexibility index (Phi) is 13.8. The Balaban J connectivity index is 1.22. The monoisotopic (exact) mass is 873 g/mol. The lowest BCUT2D eigenvalue weighted by atomic mass is 9.51. The first-order valence-corrected chi connectivity index (χ1v) is 19.2. The highest BCUT2D eigenvalue weighted by molar-refractivity contribution is 5.40. The number of hydrogen-bond donors (Lipinski definition) is 2. The molecular weight excluding hydrogens is 825 g/mol. The van der Waals surface area contributed by atoms with Gasteiger partial charge in [0, 0.05) is 6.42 Å². The van der Waals surface area contributed by atoms with Crippen molar-refractivity contribution in [1.82, 2.24) is 4.90 Å². The van der Waals surface area contributed by atoms with E-state index in [1.807, 2.05) is 17.0 Å². The fourth-order valence-corrected chi connectivity index (χ4v) is 9.64. The number of rotatable bonds is 19. The van der Waals surface area contributed by atoms with Gasteiger partial charge in [-0.25, -0.2) is 0 Å². The molecule has 0 aromatic heterocycles. The van der Waals surface area contributed by atoms with E-state index < -0.39 is 66.9 Å². The van der Waals surface area contributed by atoms with Crippen LogP contribution in [0.2, 0.25) is 0 Å². The van der Waals surface area contributed by atoms with Crippen molar-refractivity contribution in [3.63, 3.8) is 0 Å². The molecule has 0 unspecified atom stereocenters. The van der Waals surface area contributed by atoms with E-state index in [0.29, 0.717) is 36.8 Å². The van der Waals surface area contributed by atoms with Crippen molar-refractivity contribution in [2.24, 2.45) is 23.2 Å². The average molecular weight is 874 g/mol. The van der Waals surface area contributed by atoms with Gasteiger partial charge in [0.05, 0.1) is 6.10 Å². The molecule has 1 aromatic rings. The maximum absolute atomic E-state index is 14.2. The van der Waals surface area contributed by atoms with Crippen molar-refractivity contribution in [3.8, 4) is 5.75 Å². The molecule has 2 N–H and O–H groups in total. The van der Waals surface area contributed by atoms with Crippen LogP contribution < -0.4 is 0 Å². The first kappa shape index (κ1) is 48.4. The number of alkyl halides is 17. The summed E-state index contributed by atoms with van der Waals surface area (Å²) in [6, 6.07) is 5.58. The van der Waals surface area contributed by atoms with E-state index in [0.717, 1.165) is 63.4 Å². The molecule has 20 heteroatoms. The number of aliphatic hydroxyl groups excluding tert-OH is 1. The van der Waals surface area contributed by atoms with Gasteiger partial charge in [-0.15, -0.1) is 0 Å². The van der Waals surface area contributed by atoms with Gasteiger partial charge in [0.2, 0.25) is 0 Å². The zero-order chi connectivity index (χ0) is 44.1. The standard InChI is InChI=1S/C38H48F17NO2/c1-30-21-23(29-25-14-12-24(57)20-22(25)11-13-26(29)27(30)15-16-28(30)58)10-6-5-9-19-56(2)18-8-4-3-7-17-31(39,40)32(41,42)33(43,44)34(45,46)35(47,48)36(49,50)37(51,52)38(53,54)55/h12,14,20,23,26-29,57-58H,3-11,13,15-19,21H2,1-2H3/t23-,26-,27-,28-,29+,30-/m0/s1. The van der Waals surface area contributed by atoms with E-state index in [1.165, 1.54) is 5.56 Å². The van der Waals surface area contributed by atoms with Crippen LogP contribution in [0.4, 0.5) is 74.6 Å². The Bertz CT molecular complexity index is 1550. The highest BCUT2D eigenvalue weighted by atomic mass is 19.4. The number of aryl methyl sites for hydroxylation is 1. The molecule has 0 saturated heterocycles. The summed E-state index contributed by atoms with van der Waals surface area (Å²) >= 11 is 0. The summed E-state index contributed by atoms with van der Waals surface area (Å²) in [6.45, 7) is 3.15. The van der Waals surface area contributed by atoms with E-state index in [1.54, 1.807) is 13.1 Å². The van der Waals surface area contributed by atoms with Crippen molar-refractivity contribution in [1.29, 1.82) is 0 Å². The minimum atomic E-state index is -8.61. The van der Waals surface area contributed by atoms with Gasteiger partial charge < -0.3 is 15.1 Å². The number of unbranched alkanes of at least 4 members (excludes halogenated alkanes) is 5. The van der Waals surface area contributed by atoms with Crippen molar-refractivity contribution >= 4 is 0 Å². The van der Waals surface area contributed by atoms with Gasteiger partial charge in [0.15, 0.2) is 0 Å². The summed E-state index contributed by atoms with van der Waals surface area (Å²) in [5.74, 6) is -54.3. The van der Waals surface area contributed by atoms with Crippen LogP contribution in [0, 0.1) is 23.2 Å². The fraction of sp³-hybridized carbons (Fsp3) is 0.842. The molecule has 1 aromatic carbocycles. The predicted molar refractivity (Wildman–Crippen MR) is 177 cm³/mol. The third-order valence-electron chi connectivity index (χ3n) is 13.0. The van der Waals surface area contributed by atoms with Crippen LogP contribution in [0.25, 0.3) is 0 Å². The van der Waals surface area contributed by atoms with Gasteiger partial charge in [-0.2, -0.15) is 74.6 Å². The highest BCUT2D eigenvalue weighted by Crippen LogP contribution is 2.65. The molecule has 0 amide bonds. The largest absolute Gasteiger partial charge is 0.508 e. The number of benzene rings is 1. The molecule has 336 valence electrons. The van der Waals surface area contributed by atoms with E-state index in [2.05, 4.69) is 6.92 Å². The second kappa shape index (κ2) is 16.6. The molecule has 2 fully saturated rings. The minimum absolute atomic E-state index is 0.00442. The number of nitrogens with zero attached hydrogens (tertiary/aromatic N) is 1. The van der Waals surface area contributed by atoms with E-state index >= 15 is 0 Å². The third kappa shape index (κ3) is 8.24. The molecule has 0 aliphatic heterocycles. The molecular formula is C38H48F17NO2. The maximum atomic E-state index is 14.2. The Labute approximate surface area is 324 Å². The molecule has 3 nitrogen and oxygen atoms in total. The van der Waals surface area contributed by atoms with Crippen LogP contribution in [0.15, 0.2) is 18.2 Å². The van der Waals surface area contributed by atoms with Gasteiger partial charge in [-0.1, -0.05) is 38.7 Å². The first-order valence-electron chi connectivity index (χ1n) is 19.2. The SMILES string of the molecule is CN(CCCCCCC(F)(F)C(F)(F)C(F)(F)C(F)(F)C(F)(F)C(F)(F)C(F)(F)C(F)(F)F)CCCCC[C@H]1C[C@]2(C)[C@@H](O)CC[C@H]2[C@@H]2CCc3cc(O)ccc3[C@@H]12. The van der Waals surface area contributed by atoms with Gasteiger partial charge in [0.1, 0.15) is 5.75 Å². The molecule has 0 radical (unpaired) electrons. The lowest BCUT2D eigenvalue weighted by Crippen LogP contribution is -2.74. The van der Waals surface area contributed by atoms with Crippen molar-refractivity contribution < 1.29 is 84.9 Å². The van der Waals surface area contributed by atoms with Gasteiger partial charge >= 0.3 is 47.6 Å². The van der Waals surface area contributed by atoms with Crippen LogP contribution in [0.5, 0.6) is 5.75 Å². The van der Waals surface area contributed by atoms with Crippen molar-refractivity contribution in [2.75, 3.05) is 20.1 Å². The first-order chi connectivity index (χ1) is 26.3. The molecule has 4 rings (SSSR count). The van der Waals surface area contributed by atoms with Gasteiger partial charge in [0.25, 0.3) is 0 Å². The lowest BCUT2D eigenvalue weighted by Gasteiger charge is -2.54. The Morgan fingerprint density at radius 3 is 1.74 bits per heavy atom. The molecule has 0 spiro atoms. The fourth-order valence-electron chi connectivity index (χ4n) is 9.64. The number of phenols is 1. The number of aliphatic hydroxyl groups is 1. The third-order valence-corrected chi connectivity index (χ3v) is 13.0. The van der Waals surface area contributed by atoms with E-state index in [9.17, 15) is 84.9 Å². The normalized spacial score (nSPS) is 26.5. The molecule has 0 bridgehead atoms. The number of hydrogen-bond acceptors (Lipinski definition) is 3. The Hall–Kier alpha value is -2.25. The summed E-state index contributed by atoms with van der Waals surface area (Å²) in [5.41, 5.74) is 2.26. The summed E-state index contributed by atoms with van der Waals surface area (Å²) in [5, 5.41) is 21.1. The maximum Gasteiger partial charge on any atom is 0.460 e. The van der Waals surface area contributed by atoms with Crippen LogP contribution >= 0.6 is 0 Å². The second-order valence-electron chi connectivity index (χ2n) is 16.7. The summed E-state index contributed by atoms with van der Waals surface area (Å²) in [6.07, 6.45) is -3.80. The smallest absolute Gasteiger partial charge is 0.460 e. The summed E-state index contributed by atoms with van der Waals surface area (Å²) in [4.78, 5) is 1.88. The van der Waals surface area contributed by atoms with E-state index in [-0.39, 0.29) is 30.1 Å². The molecule has 2 saturated carbocycles. The van der Waals surface area contributed by atoms with Gasteiger partial charge in [-0.05, 0) is 130 Å². The summed E-state index contributed by atoms with van der Waals surface area (Å²) in [7, 11) is 1.74. The lowest BCUT2D eigenvalue weighted by molar-refractivity contribution is -0.461. The zero-order valence-corrected chi connectivity index (χ0v) is 31.7. The molecule has 0 heterocycles. The predicted octanol–water partition coefficient (Wildman–Crippen LogP) is 12.3. The van der Waals surface area contributed by atoms with Gasteiger partial charge in [-0.3, -0.25) is 0 Å². The molecule has 3 aliphatic rings. The molecule has 3 aliphatic carbocycles. The quantitative estimate of drug-likeness (QED) is 0.108. The second-order valence-corrected chi connectivity index (χ2v) is 16.7. The molecule has 58 heavy (non-hydrogen) atoms. The number of fused-ring (bicyclic) bond motifs is 5. The number of phenolic OH excluding ortho intramolecular Hbond substituents is 1. The number of halogens is 17. The van der Waals surface area contributed by atoms with Crippen LogP contribution in [0.3, 0.4) is 0 Å². The van der Waals surface area contributed by atoms with E-state index in [4.69, 9.17) is 0 Å². The minimum Gasteiger partial charge on any atom is -0.508 e.